The van der Waals surface area contributed by atoms with Crippen molar-refractivity contribution in [2.75, 3.05) is 0 Å². The molecule has 0 bridgehead atoms. The van der Waals surface area contributed by atoms with Gasteiger partial charge >= 0.3 is 6.18 Å². The summed E-state index contributed by atoms with van der Waals surface area (Å²) in [5.41, 5.74) is 0.117. The number of hydrogen-bond donors (Lipinski definition) is 0. The molecule has 0 saturated carbocycles. The monoisotopic (exact) mass is 256 g/mol. The highest BCUT2D eigenvalue weighted by Gasteiger charge is 2.30. The number of alkyl halides is 3. The van der Waals surface area contributed by atoms with Crippen LogP contribution in [0.4, 0.5) is 13.2 Å². The van der Waals surface area contributed by atoms with Gasteiger partial charge in [-0.1, -0.05) is 12.1 Å². The largest absolute Gasteiger partial charge is 0.416 e. The summed E-state index contributed by atoms with van der Waals surface area (Å²) in [6.45, 7) is 0. The van der Waals surface area contributed by atoms with Gasteiger partial charge in [0.05, 0.1) is 5.56 Å². The number of thiophene rings is 1. The standard InChI is InChI=1S/C12H7F3OS/c13-12(14,15)10-3-1-2-8(6-10)11-9(7-16)4-5-17-11/h1-7H. The van der Waals surface area contributed by atoms with Gasteiger partial charge in [-0.2, -0.15) is 13.2 Å². The van der Waals surface area contributed by atoms with Crippen LogP contribution in [-0.4, -0.2) is 6.29 Å². The maximum Gasteiger partial charge on any atom is 0.416 e. The first kappa shape index (κ1) is 11.9. The molecule has 0 amide bonds. The van der Waals surface area contributed by atoms with Gasteiger partial charge in [0, 0.05) is 10.4 Å². The second-order valence-corrected chi connectivity index (χ2v) is 4.32. The van der Waals surface area contributed by atoms with E-state index in [2.05, 4.69) is 0 Å². The fourth-order valence-electron chi connectivity index (χ4n) is 1.48. The molecule has 0 aliphatic heterocycles. The van der Waals surface area contributed by atoms with Gasteiger partial charge in [-0.25, -0.2) is 0 Å². The minimum absolute atomic E-state index is 0.411. The third-order valence-corrected chi connectivity index (χ3v) is 3.25. The van der Waals surface area contributed by atoms with Gasteiger partial charge in [0.15, 0.2) is 6.29 Å². The van der Waals surface area contributed by atoms with Gasteiger partial charge in [0.1, 0.15) is 0 Å². The van der Waals surface area contributed by atoms with E-state index in [1.807, 2.05) is 0 Å². The predicted molar refractivity (Wildman–Crippen MR) is 60.1 cm³/mol. The average molecular weight is 256 g/mol. The Morgan fingerprint density at radius 2 is 1.94 bits per heavy atom. The molecule has 0 saturated heterocycles. The number of aldehydes is 1. The van der Waals surface area contributed by atoms with E-state index in [0.29, 0.717) is 22.3 Å². The summed E-state index contributed by atoms with van der Waals surface area (Å²) in [7, 11) is 0. The van der Waals surface area contributed by atoms with Crippen molar-refractivity contribution in [1.29, 1.82) is 0 Å². The molecule has 1 aromatic heterocycles. The molecule has 88 valence electrons. The van der Waals surface area contributed by atoms with Gasteiger partial charge in [-0.15, -0.1) is 11.3 Å². The summed E-state index contributed by atoms with van der Waals surface area (Å²) in [6.07, 6.45) is -3.72. The van der Waals surface area contributed by atoms with Crippen LogP contribution < -0.4 is 0 Å². The van der Waals surface area contributed by atoms with E-state index in [1.165, 1.54) is 17.4 Å². The van der Waals surface area contributed by atoms with Crippen molar-refractivity contribution in [3.05, 3.63) is 46.8 Å². The molecule has 17 heavy (non-hydrogen) atoms. The van der Waals surface area contributed by atoms with Crippen LogP contribution >= 0.6 is 11.3 Å². The van der Waals surface area contributed by atoms with Crippen molar-refractivity contribution in [2.24, 2.45) is 0 Å². The summed E-state index contributed by atoms with van der Waals surface area (Å²) in [4.78, 5) is 11.3. The molecule has 0 spiro atoms. The van der Waals surface area contributed by atoms with E-state index in [4.69, 9.17) is 0 Å². The van der Waals surface area contributed by atoms with Crippen molar-refractivity contribution in [3.8, 4) is 10.4 Å². The Morgan fingerprint density at radius 3 is 2.59 bits per heavy atom. The summed E-state index contributed by atoms with van der Waals surface area (Å²) in [6, 6.07) is 6.56. The third kappa shape index (κ3) is 2.39. The lowest BCUT2D eigenvalue weighted by Gasteiger charge is -2.08. The van der Waals surface area contributed by atoms with E-state index in [0.717, 1.165) is 12.1 Å². The zero-order valence-corrected chi connectivity index (χ0v) is 9.31. The molecule has 5 heteroatoms. The summed E-state index contributed by atoms with van der Waals surface area (Å²) < 4.78 is 37.6. The minimum Gasteiger partial charge on any atom is -0.298 e. The first-order valence-electron chi connectivity index (χ1n) is 4.72. The first-order chi connectivity index (χ1) is 8.02. The van der Waals surface area contributed by atoms with E-state index in [-0.39, 0.29) is 0 Å². The number of benzene rings is 1. The summed E-state index contributed by atoms with van der Waals surface area (Å²) in [5.74, 6) is 0. The molecule has 0 atom stereocenters. The van der Waals surface area contributed by atoms with E-state index < -0.39 is 11.7 Å². The molecular weight excluding hydrogens is 249 g/mol. The molecular formula is C12H7F3OS. The third-order valence-electron chi connectivity index (χ3n) is 2.27. The van der Waals surface area contributed by atoms with Crippen molar-refractivity contribution in [3.63, 3.8) is 0 Å². The molecule has 1 heterocycles. The van der Waals surface area contributed by atoms with Crippen molar-refractivity contribution < 1.29 is 18.0 Å². The van der Waals surface area contributed by atoms with Crippen LogP contribution in [0.1, 0.15) is 15.9 Å². The van der Waals surface area contributed by atoms with Crippen molar-refractivity contribution in [2.45, 2.75) is 6.18 Å². The molecule has 0 aliphatic rings. The molecule has 1 aromatic carbocycles. The minimum atomic E-state index is -4.37. The normalized spacial score (nSPS) is 11.5. The molecule has 0 unspecified atom stereocenters. The van der Waals surface area contributed by atoms with Gasteiger partial charge in [-0.3, -0.25) is 4.79 Å². The Labute approximate surface area is 99.5 Å². The number of halogens is 3. The maximum absolute atomic E-state index is 12.5. The highest BCUT2D eigenvalue weighted by molar-refractivity contribution is 7.14. The van der Waals surface area contributed by atoms with Gasteiger partial charge < -0.3 is 0 Å². The lowest BCUT2D eigenvalue weighted by molar-refractivity contribution is -0.137. The molecule has 0 aliphatic carbocycles. The molecule has 2 rings (SSSR count). The fraction of sp³-hybridized carbons (Fsp3) is 0.0833. The Morgan fingerprint density at radius 1 is 1.18 bits per heavy atom. The quantitative estimate of drug-likeness (QED) is 0.734. The van der Waals surface area contributed by atoms with Crippen LogP contribution in [0.25, 0.3) is 10.4 Å². The predicted octanol–water partition coefficient (Wildman–Crippen LogP) is 4.25. The smallest absolute Gasteiger partial charge is 0.298 e. The lowest BCUT2D eigenvalue weighted by atomic mass is 10.1. The lowest BCUT2D eigenvalue weighted by Crippen LogP contribution is -2.04. The van der Waals surface area contributed by atoms with Crippen LogP contribution in [-0.2, 0) is 6.18 Å². The van der Waals surface area contributed by atoms with Crippen LogP contribution in [0.2, 0.25) is 0 Å². The molecule has 0 radical (unpaired) electrons. The highest BCUT2D eigenvalue weighted by atomic mass is 32.1. The van der Waals surface area contributed by atoms with Crippen molar-refractivity contribution in [1.82, 2.24) is 0 Å². The van der Waals surface area contributed by atoms with Crippen LogP contribution in [0.3, 0.4) is 0 Å². The van der Waals surface area contributed by atoms with Gasteiger partial charge in [0.2, 0.25) is 0 Å². The zero-order chi connectivity index (χ0) is 12.5. The number of hydrogen-bond acceptors (Lipinski definition) is 2. The Bertz CT molecular complexity index is 543. The van der Waals surface area contributed by atoms with Gasteiger partial charge in [-0.05, 0) is 29.1 Å². The fourth-order valence-corrected chi connectivity index (χ4v) is 2.35. The Hall–Kier alpha value is -1.62. The molecule has 0 N–H and O–H groups in total. The average Bonchev–Trinajstić information content (AvgIpc) is 2.76. The summed E-state index contributed by atoms with van der Waals surface area (Å²) >= 11 is 1.25. The first-order valence-corrected chi connectivity index (χ1v) is 5.60. The van der Waals surface area contributed by atoms with Gasteiger partial charge in [0.25, 0.3) is 0 Å². The number of carbonyl (C=O) groups excluding carboxylic acids is 1. The van der Waals surface area contributed by atoms with E-state index in [1.54, 1.807) is 17.5 Å². The Kier molecular flexibility index (Phi) is 3.02. The van der Waals surface area contributed by atoms with E-state index >= 15 is 0 Å². The second kappa shape index (κ2) is 4.33. The Balaban J connectivity index is 2.51. The van der Waals surface area contributed by atoms with Crippen LogP contribution in [0.15, 0.2) is 35.7 Å². The topological polar surface area (TPSA) is 17.1 Å². The highest BCUT2D eigenvalue weighted by Crippen LogP contribution is 2.34. The zero-order valence-electron chi connectivity index (χ0n) is 8.49. The van der Waals surface area contributed by atoms with Crippen LogP contribution in [0.5, 0.6) is 0 Å². The van der Waals surface area contributed by atoms with E-state index in [9.17, 15) is 18.0 Å². The summed E-state index contributed by atoms with van der Waals surface area (Å²) in [5, 5.41) is 1.68. The maximum atomic E-state index is 12.5. The van der Waals surface area contributed by atoms with Crippen molar-refractivity contribution >= 4 is 17.6 Å². The molecule has 2 aromatic rings. The second-order valence-electron chi connectivity index (χ2n) is 3.40. The van der Waals surface area contributed by atoms with Crippen LogP contribution in [0, 0.1) is 0 Å². The molecule has 0 fully saturated rings. The number of carbonyl (C=O) groups is 1. The molecule has 1 nitrogen and oxygen atoms in total. The SMILES string of the molecule is O=Cc1ccsc1-c1cccc(C(F)(F)F)c1. The number of rotatable bonds is 2.